The lowest BCUT2D eigenvalue weighted by atomic mass is 10.1. The van der Waals surface area contributed by atoms with Crippen molar-refractivity contribution in [3.05, 3.63) is 40.0 Å². The molecule has 1 aliphatic carbocycles. The Balaban J connectivity index is 1.63. The first kappa shape index (κ1) is 13.6. The highest BCUT2D eigenvalue weighted by Gasteiger charge is 2.29. The van der Waals surface area contributed by atoms with E-state index in [1.807, 2.05) is 18.2 Å². The van der Waals surface area contributed by atoms with Gasteiger partial charge in [-0.2, -0.15) is 4.98 Å². The van der Waals surface area contributed by atoms with E-state index in [9.17, 15) is 0 Å². The number of rotatable bonds is 6. The SMILES string of the molecule is NCCc1cc(OCc2noc(C3CC3)n2)ccc1Br. The van der Waals surface area contributed by atoms with E-state index in [0.29, 0.717) is 24.9 Å². The lowest BCUT2D eigenvalue weighted by molar-refractivity contribution is 0.285. The van der Waals surface area contributed by atoms with Crippen LogP contribution in [0.5, 0.6) is 5.75 Å². The molecule has 0 radical (unpaired) electrons. The summed E-state index contributed by atoms with van der Waals surface area (Å²) in [6.07, 6.45) is 3.11. The van der Waals surface area contributed by atoms with Gasteiger partial charge in [-0.15, -0.1) is 0 Å². The van der Waals surface area contributed by atoms with Gasteiger partial charge in [0.2, 0.25) is 11.7 Å². The van der Waals surface area contributed by atoms with E-state index in [1.165, 1.54) is 0 Å². The minimum absolute atomic E-state index is 0.319. The van der Waals surface area contributed by atoms with Crippen molar-refractivity contribution < 1.29 is 9.26 Å². The van der Waals surface area contributed by atoms with Gasteiger partial charge in [-0.3, -0.25) is 0 Å². The number of aromatic nitrogens is 2. The van der Waals surface area contributed by atoms with Crippen molar-refractivity contribution in [2.45, 2.75) is 31.8 Å². The molecule has 0 aliphatic heterocycles. The van der Waals surface area contributed by atoms with Crippen LogP contribution < -0.4 is 10.5 Å². The third kappa shape index (κ3) is 3.19. The molecule has 2 aromatic rings. The van der Waals surface area contributed by atoms with E-state index in [2.05, 4.69) is 26.1 Å². The highest BCUT2D eigenvalue weighted by Crippen LogP contribution is 2.38. The van der Waals surface area contributed by atoms with E-state index >= 15 is 0 Å². The molecule has 5 nitrogen and oxygen atoms in total. The summed E-state index contributed by atoms with van der Waals surface area (Å²) in [4.78, 5) is 4.33. The smallest absolute Gasteiger partial charge is 0.229 e. The zero-order chi connectivity index (χ0) is 13.9. The van der Waals surface area contributed by atoms with Gasteiger partial charge in [0.15, 0.2) is 6.61 Å². The Morgan fingerprint density at radius 3 is 3.00 bits per heavy atom. The fourth-order valence-corrected chi connectivity index (χ4v) is 2.40. The van der Waals surface area contributed by atoms with E-state index in [-0.39, 0.29) is 0 Å². The molecule has 0 atom stereocenters. The van der Waals surface area contributed by atoms with Crippen molar-refractivity contribution >= 4 is 15.9 Å². The number of hydrogen-bond acceptors (Lipinski definition) is 5. The maximum atomic E-state index is 5.70. The molecule has 1 aromatic carbocycles. The van der Waals surface area contributed by atoms with Crippen LogP contribution in [0.3, 0.4) is 0 Å². The number of benzene rings is 1. The zero-order valence-electron chi connectivity index (χ0n) is 11.0. The normalized spacial score (nSPS) is 14.5. The van der Waals surface area contributed by atoms with E-state index in [0.717, 1.165) is 40.9 Å². The predicted octanol–water partition coefficient (Wildman–Crippen LogP) is 2.79. The molecular weight excluding hydrogens is 322 g/mol. The Bertz CT molecular complexity index is 596. The van der Waals surface area contributed by atoms with Crippen molar-refractivity contribution in [1.82, 2.24) is 10.1 Å². The number of nitrogens with zero attached hydrogens (tertiary/aromatic N) is 2. The third-order valence-corrected chi connectivity index (χ3v) is 3.98. The van der Waals surface area contributed by atoms with Crippen molar-refractivity contribution in [2.75, 3.05) is 6.54 Å². The highest BCUT2D eigenvalue weighted by atomic mass is 79.9. The summed E-state index contributed by atoms with van der Waals surface area (Å²) in [7, 11) is 0. The number of hydrogen-bond donors (Lipinski definition) is 1. The molecule has 6 heteroatoms. The first-order valence-electron chi connectivity index (χ1n) is 6.70. The number of halogens is 1. The Hall–Kier alpha value is -1.40. The molecule has 0 spiro atoms. The number of ether oxygens (including phenoxy) is 1. The quantitative estimate of drug-likeness (QED) is 0.877. The monoisotopic (exact) mass is 337 g/mol. The molecule has 0 saturated heterocycles. The summed E-state index contributed by atoms with van der Waals surface area (Å²) in [5, 5.41) is 3.93. The Morgan fingerprint density at radius 1 is 1.40 bits per heavy atom. The molecule has 20 heavy (non-hydrogen) atoms. The van der Waals surface area contributed by atoms with E-state index in [4.69, 9.17) is 15.0 Å². The summed E-state index contributed by atoms with van der Waals surface area (Å²) in [5.74, 6) is 2.59. The zero-order valence-corrected chi connectivity index (χ0v) is 12.6. The van der Waals surface area contributed by atoms with Crippen LogP contribution in [0.25, 0.3) is 0 Å². The van der Waals surface area contributed by atoms with Crippen LogP contribution in [-0.2, 0) is 13.0 Å². The average molecular weight is 338 g/mol. The van der Waals surface area contributed by atoms with Crippen molar-refractivity contribution in [3.8, 4) is 5.75 Å². The van der Waals surface area contributed by atoms with Crippen molar-refractivity contribution in [3.63, 3.8) is 0 Å². The standard InChI is InChI=1S/C14H16BrN3O2/c15-12-4-3-11(7-10(12)5-6-16)19-8-13-17-14(20-18-13)9-1-2-9/h3-4,7,9H,1-2,5-6,8,16H2. The van der Waals surface area contributed by atoms with Gasteiger partial charge in [0, 0.05) is 10.4 Å². The lowest BCUT2D eigenvalue weighted by Gasteiger charge is -2.07. The van der Waals surface area contributed by atoms with E-state index in [1.54, 1.807) is 0 Å². The van der Waals surface area contributed by atoms with Crippen LogP contribution >= 0.6 is 15.9 Å². The van der Waals surface area contributed by atoms with Crippen LogP contribution in [0.1, 0.15) is 36.0 Å². The minimum Gasteiger partial charge on any atom is -0.485 e. The summed E-state index contributed by atoms with van der Waals surface area (Å²) >= 11 is 3.50. The van der Waals surface area contributed by atoms with Crippen LogP contribution in [0, 0.1) is 0 Å². The predicted molar refractivity (Wildman–Crippen MR) is 77.5 cm³/mol. The topological polar surface area (TPSA) is 74.2 Å². The maximum absolute atomic E-state index is 5.70. The highest BCUT2D eigenvalue weighted by molar-refractivity contribution is 9.10. The van der Waals surface area contributed by atoms with Gasteiger partial charge < -0.3 is 15.0 Å². The van der Waals surface area contributed by atoms with Gasteiger partial charge in [0.25, 0.3) is 0 Å². The second-order valence-electron chi connectivity index (χ2n) is 4.90. The summed E-state index contributed by atoms with van der Waals surface area (Å²) in [6, 6.07) is 5.86. The van der Waals surface area contributed by atoms with Crippen molar-refractivity contribution in [1.29, 1.82) is 0 Å². The van der Waals surface area contributed by atoms with Gasteiger partial charge in [0.05, 0.1) is 0 Å². The van der Waals surface area contributed by atoms with Gasteiger partial charge in [0.1, 0.15) is 5.75 Å². The van der Waals surface area contributed by atoms with Gasteiger partial charge >= 0.3 is 0 Å². The molecule has 1 fully saturated rings. The Kier molecular flexibility index (Phi) is 4.03. The first-order chi connectivity index (χ1) is 9.76. The lowest BCUT2D eigenvalue weighted by Crippen LogP contribution is -2.04. The molecule has 1 saturated carbocycles. The van der Waals surface area contributed by atoms with Gasteiger partial charge in [-0.05, 0) is 49.6 Å². The molecule has 2 N–H and O–H groups in total. The second kappa shape index (κ2) is 5.93. The largest absolute Gasteiger partial charge is 0.485 e. The van der Waals surface area contributed by atoms with Crippen LogP contribution in [0.15, 0.2) is 27.2 Å². The minimum atomic E-state index is 0.319. The molecule has 0 bridgehead atoms. The van der Waals surface area contributed by atoms with Crippen LogP contribution in [0.4, 0.5) is 0 Å². The average Bonchev–Trinajstić information content (AvgIpc) is 3.19. The molecule has 0 unspecified atom stereocenters. The first-order valence-corrected chi connectivity index (χ1v) is 7.49. The number of nitrogens with two attached hydrogens (primary N) is 1. The molecule has 3 rings (SSSR count). The molecule has 1 aromatic heterocycles. The molecule has 106 valence electrons. The van der Waals surface area contributed by atoms with Gasteiger partial charge in [-0.1, -0.05) is 21.1 Å². The summed E-state index contributed by atoms with van der Waals surface area (Å²) in [5.41, 5.74) is 6.72. The summed E-state index contributed by atoms with van der Waals surface area (Å²) < 4.78 is 11.9. The van der Waals surface area contributed by atoms with Crippen LogP contribution in [0.2, 0.25) is 0 Å². The van der Waals surface area contributed by atoms with E-state index < -0.39 is 0 Å². The fraction of sp³-hybridized carbons (Fsp3) is 0.429. The molecule has 0 amide bonds. The molecule has 1 aliphatic rings. The third-order valence-electron chi connectivity index (χ3n) is 3.21. The Morgan fingerprint density at radius 2 is 2.25 bits per heavy atom. The molecule has 1 heterocycles. The van der Waals surface area contributed by atoms with Crippen LogP contribution in [-0.4, -0.2) is 16.7 Å². The molecular formula is C14H16BrN3O2. The van der Waals surface area contributed by atoms with Gasteiger partial charge in [-0.25, -0.2) is 0 Å². The fourth-order valence-electron chi connectivity index (χ4n) is 1.96. The second-order valence-corrected chi connectivity index (χ2v) is 5.76. The Labute approximate surface area is 125 Å². The summed E-state index contributed by atoms with van der Waals surface area (Å²) in [6.45, 7) is 0.928. The van der Waals surface area contributed by atoms with Crippen molar-refractivity contribution in [2.24, 2.45) is 5.73 Å². The maximum Gasteiger partial charge on any atom is 0.229 e.